The minimum atomic E-state index is 0.0992. The van der Waals surface area contributed by atoms with Gasteiger partial charge in [0, 0.05) is 30.3 Å². The molecule has 0 radical (unpaired) electrons. The molecule has 0 aromatic rings. The summed E-state index contributed by atoms with van der Waals surface area (Å²) >= 11 is 8.26. The summed E-state index contributed by atoms with van der Waals surface area (Å²) in [5.41, 5.74) is 0.0992. The second-order valence-corrected chi connectivity index (χ2v) is 8.79. The van der Waals surface area contributed by atoms with Gasteiger partial charge in [0.05, 0.1) is 5.92 Å². The minimum absolute atomic E-state index is 0.0992. The molecule has 1 saturated carbocycles. The van der Waals surface area contributed by atoms with Gasteiger partial charge in [-0.25, -0.2) is 0 Å². The molecule has 5 atom stereocenters. The first-order valence-corrected chi connectivity index (χ1v) is 10.1. The van der Waals surface area contributed by atoms with Gasteiger partial charge in [0.2, 0.25) is 5.91 Å². The molecule has 2 N–H and O–H groups in total. The Morgan fingerprint density at radius 1 is 1.36 bits per heavy atom. The number of likely N-dealkylation sites (tertiary alicyclic amines) is 1. The van der Waals surface area contributed by atoms with Crippen LogP contribution in [0, 0.1) is 11.8 Å². The summed E-state index contributed by atoms with van der Waals surface area (Å²) in [6.07, 6.45) is 5.99. The lowest BCUT2D eigenvalue weighted by atomic mass is 9.88. The van der Waals surface area contributed by atoms with Gasteiger partial charge in [-0.1, -0.05) is 12.8 Å². The van der Waals surface area contributed by atoms with Gasteiger partial charge in [0.25, 0.3) is 0 Å². The van der Waals surface area contributed by atoms with Crippen LogP contribution in [0.2, 0.25) is 0 Å². The van der Waals surface area contributed by atoms with Gasteiger partial charge in [-0.15, -0.1) is 23.4 Å². The lowest BCUT2D eigenvalue weighted by molar-refractivity contribution is -0.124. The van der Waals surface area contributed by atoms with Crippen molar-refractivity contribution in [2.45, 2.75) is 55.9 Å². The van der Waals surface area contributed by atoms with Crippen LogP contribution < -0.4 is 10.6 Å². The van der Waals surface area contributed by atoms with Crippen LogP contribution in [0.3, 0.4) is 0 Å². The first kappa shape index (κ1) is 16.9. The number of hydrogen-bond acceptors (Lipinski definition) is 4. The maximum atomic E-state index is 12.4. The first-order chi connectivity index (χ1) is 10.6. The quantitative estimate of drug-likeness (QED) is 0.767. The van der Waals surface area contributed by atoms with E-state index in [-0.39, 0.29) is 17.3 Å². The molecule has 3 fully saturated rings. The fourth-order valence-electron chi connectivity index (χ4n) is 3.84. The first-order valence-electron chi connectivity index (χ1n) is 8.66. The number of hydrogen-bond donors (Lipinski definition) is 2. The highest BCUT2D eigenvalue weighted by atomic mass is 35.5. The fraction of sp³-hybridized carbons (Fsp3) is 0.938. The zero-order chi connectivity index (χ0) is 15.5. The number of carbonyl (C=O) groups excluding carboxylic acids is 1. The van der Waals surface area contributed by atoms with Crippen molar-refractivity contribution >= 4 is 29.3 Å². The van der Waals surface area contributed by atoms with E-state index in [1.807, 2.05) is 0 Å². The summed E-state index contributed by atoms with van der Waals surface area (Å²) in [4.78, 5) is 14.8. The minimum Gasteiger partial charge on any atom is -0.332 e. The molecule has 2 saturated heterocycles. The van der Waals surface area contributed by atoms with Gasteiger partial charge in [0.15, 0.2) is 0 Å². The maximum Gasteiger partial charge on any atom is 0.226 e. The topological polar surface area (TPSA) is 44.4 Å². The van der Waals surface area contributed by atoms with Crippen molar-refractivity contribution in [2.24, 2.45) is 11.8 Å². The molecule has 4 nitrogen and oxygen atoms in total. The highest BCUT2D eigenvalue weighted by Crippen LogP contribution is 2.30. The van der Waals surface area contributed by atoms with E-state index in [1.165, 1.54) is 19.3 Å². The molecule has 0 aromatic heterocycles. The molecular weight excluding hydrogens is 318 g/mol. The van der Waals surface area contributed by atoms with E-state index in [0.717, 1.165) is 38.2 Å². The van der Waals surface area contributed by atoms with Gasteiger partial charge in [0.1, 0.15) is 5.50 Å². The Labute approximate surface area is 143 Å². The van der Waals surface area contributed by atoms with E-state index >= 15 is 0 Å². The average Bonchev–Trinajstić information content (AvgIpc) is 3.11. The number of carbonyl (C=O) groups is 1. The van der Waals surface area contributed by atoms with Gasteiger partial charge >= 0.3 is 0 Å². The Bertz CT molecular complexity index is 398. The highest BCUT2D eigenvalue weighted by molar-refractivity contribution is 8.00. The molecule has 0 spiro atoms. The van der Waals surface area contributed by atoms with Gasteiger partial charge < -0.3 is 10.2 Å². The predicted octanol–water partition coefficient (Wildman–Crippen LogP) is 2.23. The number of alkyl halides is 1. The molecule has 4 unspecified atom stereocenters. The normalized spacial score (nSPS) is 40.0. The van der Waals surface area contributed by atoms with Crippen LogP contribution in [-0.4, -0.2) is 53.1 Å². The molecule has 126 valence electrons. The van der Waals surface area contributed by atoms with E-state index in [1.54, 1.807) is 11.8 Å². The van der Waals surface area contributed by atoms with E-state index in [0.29, 0.717) is 17.3 Å². The van der Waals surface area contributed by atoms with E-state index in [2.05, 4.69) is 22.5 Å². The van der Waals surface area contributed by atoms with Crippen molar-refractivity contribution < 1.29 is 4.79 Å². The average molecular weight is 346 g/mol. The van der Waals surface area contributed by atoms with Gasteiger partial charge in [-0.2, -0.15) is 0 Å². The van der Waals surface area contributed by atoms with Crippen molar-refractivity contribution in [2.75, 3.05) is 25.4 Å². The molecule has 2 aliphatic heterocycles. The number of thioether (sulfide) groups is 1. The molecule has 1 amide bonds. The van der Waals surface area contributed by atoms with Gasteiger partial charge in [-0.3, -0.25) is 10.1 Å². The Hall–Kier alpha value is 0.0300. The summed E-state index contributed by atoms with van der Waals surface area (Å²) in [6.45, 7) is 5.17. The number of nitrogens with one attached hydrogen (secondary N) is 2. The van der Waals surface area contributed by atoms with Crippen LogP contribution in [0.15, 0.2) is 0 Å². The third-order valence-electron chi connectivity index (χ3n) is 5.17. The highest BCUT2D eigenvalue weighted by Gasteiger charge is 2.33. The Balaban J connectivity index is 1.42. The number of nitrogens with zero attached hydrogens (tertiary/aromatic N) is 1. The Morgan fingerprint density at radius 3 is 2.91 bits per heavy atom. The lowest BCUT2D eigenvalue weighted by Crippen LogP contribution is -2.45. The lowest BCUT2D eigenvalue weighted by Gasteiger charge is -2.30. The zero-order valence-electron chi connectivity index (χ0n) is 13.4. The van der Waals surface area contributed by atoms with E-state index in [9.17, 15) is 4.79 Å². The standard InChI is InChI=1S/C16H28ClN3OS/c1-11-10-22-16(18-11)19-15(21)13-6-7-20(9-13)8-12-4-2-3-5-14(12)17/h11-14,16,18H,2-10H2,1H3,(H,19,21)/t11?,12?,13-,14?,16?/m0/s1. The molecular formula is C16H28ClN3OS. The molecule has 0 aromatic carbocycles. The van der Waals surface area contributed by atoms with Crippen molar-refractivity contribution in [3.05, 3.63) is 0 Å². The van der Waals surface area contributed by atoms with Crippen LogP contribution in [0.4, 0.5) is 0 Å². The monoisotopic (exact) mass is 345 g/mol. The molecule has 22 heavy (non-hydrogen) atoms. The Morgan fingerprint density at radius 2 is 2.18 bits per heavy atom. The van der Waals surface area contributed by atoms with Gasteiger partial charge in [-0.05, 0) is 38.6 Å². The molecule has 1 aliphatic carbocycles. The fourth-order valence-corrected chi connectivity index (χ4v) is 5.30. The number of rotatable bonds is 4. The van der Waals surface area contributed by atoms with Crippen molar-refractivity contribution in [3.63, 3.8) is 0 Å². The molecule has 0 bridgehead atoms. The SMILES string of the molecule is CC1CSC(NC(=O)[C@H]2CCN(CC3CCCCC3Cl)C2)N1. The van der Waals surface area contributed by atoms with Crippen LogP contribution in [-0.2, 0) is 4.79 Å². The van der Waals surface area contributed by atoms with Crippen LogP contribution in [0.1, 0.15) is 39.0 Å². The predicted molar refractivity (Wildman–Crippen MR) is 93.1 cm³/mol. The summed E-state index contributed by atoms with van der Waals surface area (Å²) in [6, 6.07) is 0.488. The number of amides is 1. The van der Waals surface area contributed by atoms with Crippen LogP contribution >= 0.6 is 23.4 Å². The second kappa shape index (κ2) is 7.73. The third-order valence-corrected chi connectivity index (χ3v) is 7.03. The third kappa shape index (κ3) is 4.31. The van der Waals surface area contributed by atoms with E-state index < -0.39 is 0 Å². The van der Waals surface area contributed by atoms with Crippen LogP contribution in [0.25, 0.3) is 0 Å². The Kier molecular flexibility index (Phi) is 5.93. The summed E-state index contributed by atoms with van der Waals surface area (Å²) in [5.74, 6) is 2.05. The smallest absolute Gasteiger partial charge is 0.226 e. The van der Waals surface area contributed by atoms with Crippen molar-refractivity contribution in [3.8, 4) is 0 Å². The molecule has 6 heteroatoms. The summed E-state index contributed by atoms with van der Waals surface area (Å²) in [7, 11) is 0. The zero-order valence-corrected chi connectivity index (χ0v) is 15.0. The van der Waals surface area contributed by atoms with Crippen molar-refractivity contribution in [1.82, 2.24) is 15.5 Å². The molecule has 2 heterocycles. The van der Waals surface area contributed by atoms with E-state index in [4.69, 9.17) is 11.6 Å². The van der Waals surface area contributed by atoms with Crippen LogP contribution in [0.5, 0.6) is 0 Å². The summed E-state index contributed by atoms with van der Waals surface area (Å²) < 4.78 is 0. The molecule has 3 rings (SSSR count). The van der Waals surface area contributed by atoms with Crippen molar-refractivity contribution in [1.29, 1.82) is 0 Å². The molecule has 3 aliphatic rings. The largest absolute Gasteiger partial charge is 0.332 e. The number of halogens is 1. The maximum absolute atomic E-state index is 12.4. The second-order valence-electron chi connectivity index (χ2n) is 7.10. The summed E-state index contributed by atoms with van der Waals surface area (Å²) in [5, 5.41) is 6.87.